The predicted molar refractivity (Wildman–Crippen MR) is 99.8 cm³/mol. The Labute approximate surface area is 154 Å². The second-order valence-electron chi connectivity index (χ2n) is 6.23. The highest BCUT2D eigenvalue weighted by atomic mass is 32.2. The van der Waals surface area contributed by atoms with E-state index in [0.29, 0.717) is 24.2 Å². The van der Waals surface area contributed by atoms with E-state index in [1.807, 2.05) is 0 Å². The van der Waals surface area contributed by atoms with Gasteiger partial charge in [-0.15, -0.1) is 0 Å². The summed E-state index contributed by atoms with van der Waals surface area (Å²) in [7, 11) is -7.04. The standard InChI is InChI=1S/C17H21N3O4S2/c1-14-11-16(20-9-2-3-10-25(20,21)22)6-7-17(14)26(23,24)19-13-15-5-4-8-18-12-15/h4-8,11-12,19H,2-3,9-10,13H2,1H3. The van der Waals surface area contributed by atoms with Gasteiger partial charge in [0.15, 0.2) is 0 Å². The fraction of sp³-hybridized carbons (Fsp3) is 0.353. The molecule has 0 amide bonds. The smallest absolute Gasteiger partial charge is 0.241 e. The fourth-order valence-electron chi connectivity index (χ4n) is 2.93. The van der Waals surface area contributed by atoms with Crippen molar-refractivity contribution < 1.29 is 16.8 Å². The van der Waals surface area contributed by atoms with Gasteiger partial charge in [-0.2, -0.15) is 0 Å². The molecule has 1 aliphatic rings. The molecule has 9 heteroatoms. The maximum Gasteiger partial charge on any atom is 0.241 e. The molecule has 0 spiro atoms. The van der Waals surface area contributed by atoms with Gasteiger partial charge in [0.1, 0.15) is 0 Å². The van der Waals surface area contributed by atoms with Crippen LogP contribution in [-0.4, -0.2) is 34.1 Å². The van der Waals surface area contributed by atoms with Crippen molar-refractivity contribution in [1.82, 2.24) is 9.71 Å². The van der Waals surface area contributed by atoms with Crippen LogP contribution >= 0.6 is 0 Å². The molecule has 0 aliphatic carbocycles. The Bertz CT molecular complexity index is 990. The molecule has 0 bridgehead atoms. The number of rotatable bonds is 5. The molecule has 1 N–H and O–H groups in total. The summed E-state index contributed by atoms with van der Waals surface area (Å²) in [5, 5.41) is 0. The summed E-state index contributed by atoms with van der Waals surface area (Å²) < 4.78 is 53.5. The Balaban J connectivity index is 1.82. The molecule has 1 aliphatic heterocycles. The molecule has 0 atom stereocenters. The quantitative estimate of drug-likeness (QED) is 0.833. The summed E-state index contributed by atoms with van der Waals surface area (Å²) in [6, 6.07) is 8.14. The lowest BCUT2D eigenvalue weighted by Gasteiger charge is -2.28. The predicted octanol–water partition coefficient (Wildman–Crippen LogP) is 1.80. The molecular formula is C17H21N3O4S2. The maximum absolute atomic E-state index is 12.6. The molecule has 0 saturated carbocycles. The summed E-state index contributed by atoms with van der Waals surface area (Å²) in [5.74, 6) is 0.124. The molecule has 1 aromatic carbocycles. The molecule has 140 valence electrons. The fourth-order valence-corrected chi connectivity index (χ4v) is 5.80. The third-order valence-electron chi connectivity index (χ3n) is 4.27. The average Bonchev–Trinajstić information content (AvgIpc) is 2.60. The van der Waals surface area contributed by atoms with E-state index in [0.717, 1.165) is 12.0 Å². The third kappa shape index (κ3) is 4.05. The first-order valence-corrected chi connectivity index (χ1v) is 11.4. The van der Waals surface area contributed by atoms with Gasteiger partial charge in [0, 0.05) is 25.5 Å². The normalized spacial score (nSPS) is 17.2. The Hall–Kier alpha value is -1.97. The van der Waals surface area contributed by atoms with E-state index >= 15 is 0 Å². The van der Waals surface area contributed by atoms with Crippen molar-refractivity contribution in [2.45, 2.75) is 31.2 Å². The van der Waals surface area contributed by atoms with Crippen molar-refractivity contribution in [3.8, 4) is 0 Å². The number of hydrogen-bond donors (Lipinski definition) is 1. The number of aromatic nitrogens is 1. The lowest BCUT2D eigenvalue weighted by Crippen LogP contribution is -2.37. The molecular weight excluding hydrogens is 374 g/mol. The second kappa shape index (κ2) is 7.34. The summed E-state index contributed by atoms with van der Waals surface area (Å²) in [6.07, 6.45) is 4.67. The molecule has 2 heterocycles. The van der Waals surface area contributed by atoms with E-state index in [1.165, 1.54) is 10.4 Å². The molecule has 3 rings (SSSR count). The zero-order valence-electron chi connectivity index (χ0n) is 14.4. The third-order valence-corrected chi connectivity index (χ3v) is 7.71. The van der Waals surface area contributed by atoms with Crippen LogP contribution < -0.4 is 9.03 Å². The number of hydrogen-bond acceptors (Lipinski definition) is 5. The van der Waals surface area contributed by atoms with E-state index in [1.54, 1.807) is 43.6 Å². The van der Waals surface area contributed by atoms with Gasteiger partial charge in [0.2, 0.25) is 20.0 Å². The van der Waals surface area contributed by atoms with Gasteiger partial charge < -0.3 is 0 Å². The number of aryl methyl sites for hydroxylation is 1. The SMILES string of the molecule is Cc1cc(N2CCCCS2(=O)=O)ccc1S(=O)(=O)NCc1cccnc1. The summed E-state index contributed by atoms with van der Waals surface area (Å²) in [5.41, 5.74) is 1.76. The van der Waals surface area contributed by atoms with E-state index in [9.17, 15) is 16.8 Å². The second-order valence-corrected chi connectivity index (χ2v) is 9.98. The average molecular weight is 396 g/mol. The topological polar surface area (TPSA) is 96.4 Å². The van der Waals surface area contributed by atoms with Crippen LogP contribution in [0.15, 0.2) is 47.6 Å². The summed E-state index contributed by atoms with van der Waals surface area (Å²) >= 11 is 0. The zero-order chi connectivity index (χ0) is 18.8. The van der Waals surface area contributed by atoms with Crippen molar-refractivity contribution in [2.24, 2.45) is 0 Å². The minimum Gasteiger partial charge on any atom is -0.270 e. The lowest BCUT2D eigenvalue weighted by atomic mass is 10.2. The molecule has 0 radical (unpaired) electrons. The minimum atomic E-state index is -3.71. The van der Waals surface area contributed by atoms with E-state index in [-0.39, 0.29) is 17.2 Å². The highest BCUT2D eigenvalue weighted by Gasteiger charge is 2.27. The van der Waals surface area contributed by atoms with Crippen LogP contribution in [0.1, 0.15) is 24.0 Å². The van der Waals surface area contributed by atoms with E-state index in [2.05, 4.69) is 9.71 Å². The highest BCUT2D eigenvalue weighted by molar-refractivity contribution is 7.92. The number of benzene rings is 1. The van der Waals surface area contributed by atoms with Crippen molar-refractivity contribution >= 4 is 25.7 Å². The maximum atomic E-state index is 12.6. The van der Waals surface area contributed by atoms with Crippen LogP contribution in [0.25, 0.3) is 0 Å². The molecule has 2 aromatic rings. The Morgan fingerprint density at radius 1 is 1.23 bits per heavy atom. The van der Waals surface area contributed by atoms with E-state index in [4.69, 9.17) is 0 Å². The summed E-state index contributed by atoms with van der Waals surface area (Å²) in [4.78, 5) is 4.09. The minimum absolute atomic E-state index is 0.124. The Morgan fingerprint density at radius 3 is 2.69 bits per heavy atom. The number of sulfonamides is 2. The number of nitrogens with zero attached hydrogens (tertiary/aromatic N) is 2. The van der Waals surface area contributed by atoms with E-state index < -0.39 is 20.0 Å². The molecule has 26 heavy (non-hydrogen) atoms. The van der Waals surface area contributed by atoms with Gasteiger partial charge in [0.25, 0.3) is 0 Å². The van der Waals surface area contributed by atoms with Crippen LogP contribution in [0.3, 0.4) is 0 Å². The molecule has 1 saturated heterocycles. The monoisotopic (exact) mass is 395 g/mol. The summed E-state index contributed by atoms with van der Waals surface area (Å²) in [6.45, 7) is 2.23. The van der Waals surface area contributed by atoms with Crippen molar-refractivity contribution in [3.63, 3.8) is 0 Å². The number of pyridine rings is 1. The molecule has 0 unspecified atom stereocenters. The molecule has 1 fully saturated rings. The van der Waals surface area contributed by atoms with Crippen molar-refractivity contribution in [3.05, 3.63) is 53.9 Å². The Morgan fingerprint density at radius 2 is 2.04 bits per heavy atom. The van der Waals surface area contributed by atoms with Crippen LogP contribution in [-0.2, 0) is 26.6 Å². The zero-order valence-corrected chi connectivity index (χ0v) is 16.1. The van der Waals surface area contributed by atoms with Crippen LogP contribution in [0.2, 0.25) is 0 Å². The van der Waals surface area contributed by atoms with Gasteiger partial charge in [-0.1, -0.05) is 6.07 Å². The van der Waals surface area contributed by atoms with Crippen LogP contribution in [0, 0.1) is 6.92 Å². The van der Waals surface area contributed by atoms with Crippen molar-refractivity contribution in [1.29, 1.82) is 0 Å². The number of nitrogens with one attached hydrogen (secondary N) is 1. The van der Waals surface area contributed by atoms with Gasteiger partial charge in [-0.25, -0.2) is 21.6 Å². The van der Waals surface area contributed by atoms with Gasteiger partial charge in [-0.05, 0) is 55.2 Å². The molecule has 1 aromatic heterocycles. The van der Waals surface area contributed by atoms with Gasteiger partial charge in [-0.3, -0.25) is 9.29 Å². The largest absolute Gasteiger partial charge is 0.270 e. The molecule has 7 nitrogen and oxygen atoms in total. The Kier molecular flexibility index (Phi) is 5.31. The van der Waals surface area contributed by atoms with Crippen LogP contribution in [0.4, 0.5) is 5.69 Å². The van der Waals surface area contributed by atoms with Gasteiger partial charge in [0.05, 0.1) is 16.3 Å². The first-order chi connectivity index (χ1) is 12.3. The first-order valence-electron chi connectivity index (χ1n) is 8.29. The van der Waals surface area contributed by atoms with Gasteiger partial charge >= 0.3 is 0 Å². The lowest BCUT2D eigenvalue weighted by molar-refractivity contribution is 0.574. The highest BCUT2D eigenvalue weighted by Crippen LogP contribution is 2.27. The van der Waals surface area contributed by atoms with Crippen molar-refractivity contribution in [2.75, 3.05) is 16.6 Å². The first kappa shape index (κ1) is 18.8. The number of anilines is 1. The van der Waals surface area contributed by atoms with Crippen LogP contribution in [0.5, 0.6) is 0 Å².